The molecule has 0 aliphatic heterocycles. The van der Waals surface area contributed by atoms with Crippen molar-refractivity contribution in [3.63, 3.8) is 0 Å². The Morgan fingerprint density at radius 2 is 0.720 bits per heavy atom. The number of halogens is 3. The Hall–Kier alpha value is 0.510. The second-order valence-electron chi connectivity index (χ2n) is 4.10. The highest BCUT2D eigenvalue weighted by atomic mass is 35.5. The molecule has 0 aromatic heterocycles. The summed E-state index contributed by atoms with van der Waals surface area (Å²) in [5, 5.41) is 0. The molecule has 158 valence electrons. The summed E-state index contributed by atoms with van der Waals surface area (Å²) in [6.07, 6.45) is 0. The number of rotatable bonds is 18. The SMILES string of the molecule is Cl.Cl.Cl.NCCOCCOC(OCCOCCN)OCCOCCN. The largest absolute Gasteiger partial charge is 0.378 e. The van der Waals surface area contributed by atoms with E-state index in [1.165, 1.54) is 0 Å². The van der Waals surface area contributed by atoms with Crippen molar-refractivity contribution in [2.75, 3.05) is 79.1 Å². The van der Waals surface area contributed by atoms with Crippen LogP contribution in [0.15, 0.2) is 0 Å². The Bertz CT molecular complexity index is 194. The lowest BCUT2D eigenvalue weighted by atomic mass is 10.7. The Balaban J connectivity index is -0.000000735. The summed E-state index contributed by atoms with van der Waals surface area (Å²) in [5.41, 5.74) is 16.0. The molecular formula is C13H34Cl3N3O6. The standard InChI is InChI=1S/C13H31N3O6.3ClH/c14-1-4-17-7-10-20-13(21-11-8-18-5-2-15)22-12-9-19-6-3-16;;;/h13H,1-12,14-16H2;3*1H. The van der Waals surface area contributed by atoms with Crippen LogP contribution in [0.5, 0.6) is 0 Å². The summed E-state index contributed by atoms with van der Waals surface area (Å²) in [4.78, 5) is 0. The zero-order chi connectivity index (χ0) is 16.3. The second-order valence-corrected chi connectivity index (χ2v) is 4.10. The fraction of sp³-hybridized carbons (Fsp3) is 1.00. The summed E-state index contributed by atoms with van der Waals surface area (Å²) in [6.45, 7) is 4.45. The minimum absolute atomic E-state index is 0. The normalized spacial score (nSPS) is 10.1. The van der Waals surface area contributed by atoms with Crippen LogP contribution in [0.1, 0.15) is 0 Å². The van der Waals surface area contributed by atoms with Crippen molar-refractivity contribution in [2.24, 2.45) is 17.2 Å². The monoisotopic (exact) mass is 433 g/mol. The Morgan fingerprint density at radius 1 is 0.440 bits per heavy atom. The van der Waals surface area contributed by atoms with Gasteiger partial charge in [-0.3, -0.25) is 0 Å². The summed E-state index contributed by atoms with van der Waals surface area (Å²) >= 11 is 0. The van der Waals surface area contributed by atoms with E-state index in [1.54, 1.807) is 0 Å². The summed E-state index contributed by atoms with van der Waals surface area (Å²) in [5.74, 6) is 0. The van der Waals surface area contributed by atoms with Gasteiger partial charge in [0.25, 0.3) is 6.48 Å². The van der Waals surface area contributed by atoms with Gasteiger partial charge in [0.1, 0.15) is 0 Å². The van der Waals surface area contributed by atoms with E-state index in [1.807, 2.05) is 0 Å². The maximum Gasteiger partial charge on any atom is 0.271 e. The molecule has 12 heteroatoms. The molecule has 0 atom stereocenters. The van der Waals surface area contributed by atoms with Crippen LogP contribution >= 0.6 is 37.2 Å². The van der Waals surface area contributed by atoms with Gasteiger partial charge in [0, 0.05) is 19.6 Å². The fourth-order valence-corrected chi connectivity index (χ4v) is 1.31. The molecule has 25 heavy (non-hydrogen) atoms. The van der Waals surface area contributed by atoms with Gasteiger partial charge in [0.05, 0.1) is 59.5 Å². The molecule has 0 heterocycles. The Morgan fingerprint density at radius 3 is 0.960 bits per heavy atom. The van der Waals surface area contributed by atoms with Gasteiger partial charge < -0.3 is 45.6 Å². The molecule has 0 aromatic rings. The molecule has 0 bridgehead atoms. The molecule has 0 saturated carbocycles. The van der Waals surface area contributed by atoms with Crippen molar-refractivity contribution in [3.8, 4) is 0 Å². The number of hydrogen-bond acceptors (Lipinski definition) is 9. The van der Waals surface area contributed by atoms with Gasteiger partial charge in [-0.15, -0.1) is 37.2 Å². The zero-order valence-electron chi connectivity index (χ0n) is 14.5. The topological polar surface area (TPSA) is 133 Å². The molecule has 0 rings (SSSR count). The number of hydrogen-bond donors (Lipinski definition) is 3. The third kappa shape index (κ3) is 26.8. The smallest absolute Gasteiger partial charge is 0.271 e. The van der Waals surface area contributed by atoms with E-state index in [4.69, 9.17) is 45.6 Å². The van der Waals surface area contributed by atoms with Gasteiger partial charge >= 0.3 is 0 Å². The van der Waals surface area contributed by atoms with Gasteiger partial charge in [-0.1, -0.05) is 0 Å². The molecule has 0 spiro atoms. The molecule has 0 amide bonds. The average Bonchev–Trinajstić information content (AvgIpc) is 2.53. The molecule has 0 fully saturated rings. The molecule has 0 unspecified atom stereocenters. The third-order valence-electron chi connectivity index (χ3n) is 2.23. The second kappa shape index (κ2) is 29.3. The molecule has 0 aliphatic rings. The van der Waals surface area contributed by atoms with Crippen molar-refractivity contribution >= 4 is 37.2 Å². The van der Waals surface area contributed by atoms with Crippen LogP contribution in [0.4, 0.5) is 0 Å². The van der Waals surface area contributed by atoms with Crippen molar-refractivity contribution < 1.29 is 28.4 Å². The molecule has 0 aromatic carbocycles. The highest BCUT2D eigenvalue weighted by Gasteiger charge is 2.10. The summed E-state index contributed by atoms with van der Waals surface area (Å²) < 4.78 is 31.9. The van der Waals surface area contributed by atoms with Gasteiger partial charge in [0.2, 0.25) is 0 Å². The summed E-state index contributed by atoms with van der Waals surface area (Å²) in [6, 6.07) is 0. The van der Waals surface area contributed by atoms with E-state index in [0.29, 0.717) is 79.1 Å². The maximum atomic E-state index is 5.43. The first kappa shape index (κ1) is 33.1. The first-order valence-corrected chi connectivity index (χ1v) is 7.53. The number of ether oxygens (including phenoxy) is 6. The molecular weight excluding hydrogens is 401 g/mol. The number of nitrogens with two attached hydrogens (primary N) is 3. The van der Waals surface area contributed by atoms with Crippen molar-refractivity contribution in [1.29, 1.82) is 0 Å². The molecule has 0 aliphatic carbocycles. The Labute approximate surface area is 168 Å². The van der Waals surface area contributed by atoms with E-state index in [-0.39, 0.29) is 37.2 Å². The molecule has 0 saturated heterocycles. The lowest BCUT2D eigenvalue weighted by Crippen LogP contribution is -2.27. The van der Waals surface area contributed by atoms with Crippen LogP contribution in [-0.4, -0.2) is 85.6 Å². The van der Waals surface area contributed by atoms with Gasteiger partial charge in [-0.2, -0.15) is 0 Å². The van der Waals surface area contributed by atoms with Crippen LogP contribution in [0, 0.1) is 0 Å². The third-order valence-corrected chi connectivity index (χ3v) is 2.23. The quantitative estimate of drug-likeness (QED) is 0.193. The molecule has 6 N–H and O–H groups in total. The minimum Gasteiger partial charge on any atom is -0.378 e. The maximum absolute atomic E-state index is 5.43. The van der Waals surface area contributed by atoms with E-state index in [9.17, 15) is 0 Å². The van der Waals surface area contributed by atoms with Gasteiger partial charge in [0.15, 0.2) is 0 Å². The van der Waals surface area contributed by atoms with Crippen LogP contribution in [0.25, 0.3) is 0 Å². The predicted molar refractivity (Wildman–Crippen MR) is 103 cm³/mol. The highest BCUT2D eigenvalue weighted by Crippen LogP contribution is 1.98. The van der Waals surface area contributed by atoms with E-state index in [0.717, 1.165) is 0 Å². The lowest BCUT2D eigenvalue weighted by Gasteiger charge is -2.19. The molecule has 9 nitrogen and oxygen atoms in total. The minimum atomic E-state index is -0.788. The van der Waals surface area contributed by atoms with E-state index >= 15 is 0 Å². The first-order valence-electron chi connectivity index (χ1n) is 7.53. The van der Waals surface area contributed by atoms with E-state index in [2.05, 4.69) is 0 Å². The predicted octanol–water partition coefficient (Wildman–Crippen LogP) is -0.489. The van der Waals surface area contributed by atoms with Crippen LogP contribution in [-0.2, 0) is 28.4 Å². The first-order chi connectivity index (χ1) is 10.8. The van der Waals surface area contributed by atoms with Gasteiger partial charge in [-0.05, 0) is 0 Å². The fourth-order valence-electron chi connectivity index (χ4n) is 1.31. The van der Waals surface area contributed by atoms with Crippen molar-refractivity contribution in [3.05, 3.63) is 0 Å². The van der Waals surface area contributed by atoms with Crippen molar-refractivity contribution in [1.82, 2.24) is 0 Å². The van der Waals surface area contributed by atoms with E-state index < -0.39 is 6.48 Å². The average molecular weight is 435 g/mol. The van der Waals surface area contributed by atoms with Gasteiger partial charge in [-0.25, -0.2) is 0 Å². The van der Waals surface area contributed by atoms with Crippen LogP contribution in [0.2, 0.25) is 0 Å². The van der Waals surface area contributed by atoms with Crippen LogP contribution in [0.3, 0.4) is 0 Å². The zero-order valence-corrected chi connectivity index (χ0v) is 16.9. The highest BCUT2D eigenvalue weighted by molar-refractivity contribution is 5.86. The lowest BCUT2D eigenvalue weighted by molar-refractivity contribution is -0.295. The summed E-state index contributed by atoms with van der Waals surface area (Å²) in [7, 11) is 0. The van der Waals surface area contributed by atoms with Crippen molar-refractivity contribution in [2.45, 2.75) is 6.48 Å². The van der Waals surface area contributed by atoms with Crippen LogP contribution < -0.4 is 17.2 Å². The Kier molecular flexibility index (Phi) is 38.8. The molecule has 0 radical (unpaired) electrons.